The van der Waals surface area contributed by atoms with Crippen LogP contribution in [0.1, 0.15) is 43.5 Å². The minimum absolute atomic E-state index is 0.000163. The first-order chi connectivity index (χ1) is 19.4. The van der Waals surface area contributed by atoms with Crippen LogP contribution < -0.4 is 19.1 Å². The van der Waals surface area contributed by atoms with Crippen molar-refractivity contribution >= 4 is 44.1 Å². The molecule has 1 fully saturated rings. The van der Waals surface area contributed by atoms with Crippen LogP contribution in [0.3, 0.4) is 0 Å². The fraction of sp³-hybridized carbons (Fsp3) is 0.258. The number of Topliss-reactive ketones (excluding diaryl/α,β-unsaturated/α-hetero) is 1. The molecule has 1 aromatic heterocycles. The number of amides is 1. The highest BCUT2D eigenvalue weighted by Crippen LogP contribution is 2.45. The van der Waals surface area contributed by atoms with Crippen molar-refractivity contribution in [3.05, 3.63) is 82.9 Å². The second-order valence-electron chi connectivity index (χ2n) is 9.69. The normalized spacial score (nSPS) is 19.6. The zero-order valence-corrected chi connectivity index (χ0v) is 23.2. The predicted molar refractivity (Wildman–Crippen MR) is 153 cm³/mol. The number of benzene rings is 3. The maximum Gasteiger partial charge on any atom is 0.301 e. The second-order valence-corrected chi connectivity index (χ2v) is 10.7. The molecule has 0 spiro atoms. The monoisotopic (exact) mass is 556 g/mol. The Morgan fingerprint density at radius 3 is 2.60 bits per heavy atom. The largest absolute Gasteiger partial charge is 0.507 e. The number of hydrogen-bond donors (Lipinski definition) is 1. The van der Waals surface area contributed by atoms with Gasteiger partial charge in [0.15, 0.2) is 5.13 Å². The molecule has 6 rings (SSSR count). The van der Waals surface area contributed by atoms with Crippen molar-refractivity contribution in [1.29, 1.82) is 0 Å². The van der Waals surface area contributed by atoms with Crippen molar-refractivity contribution in [2.45, 2.75) is 39.3 Å². The molecule has 1 N–H and O–H groups in total. The minimum Gasteiger partial charge on any atom is -0.507 e. The Morgan fingerprint density at radius 1 is 1.05 bits per heavy atom. The van der Waals surface area contributed by atoms with E-state index in [4.69, 9.17) is 19.2 Å². The zero-order chi connectivity index (χ0) is 28.0. The number of carbonyl (C=O) groups is 2. The van der Waals surface area contributed by atoms with Gasteiger partial charge in [0, 0.05) is 12.0 Å². The third-order valence-corrected chi connectivity index (χ3v) is 7.98. The Bertz CT molecular complexity index is 1680. The first-order valence-corrected chi connectivity index (χ1v) is 14.1. The van der Waals surface area contributed by atoms with E-state index in [1.807, 2.05) is 57.2 Å². The SMILES string of the molecule is CCOc1cccc(C2/C(=C(/O)c3ccc4c(c3)CC(C)O4)C(=O)C(=O)N2c2nc3ccc(OCC)cc3s2)c1. The van der Waals surface area contributed by atoms with Crippen LogP contribution in [0.15, 0.2) is 66.2 Å². The molecular formula is C31H28N2O6S. The molecule has 2 aliphatic heterocycles. The van der Waals surface area contributed by atoms with E-state index in [0.29, 0.717) is 52.9 Å². The van der Waals surface area contributed by atoms with E-state index in [-0.39, 0.29) is 17.4 Å². The lowest BCUT2D eigenvalue weighted by molar-refractivity contribution is -0.132. The summed E-state index contributed by atoms with van der Waals surface area (Å²) in [5, 5.41) is 11.9. The first kappa shape index (κ1) is 25.9. The number of ketones is 1. The van der Waals surface area contributed by atoms with E-state index in [9.17, 15) is 14.7 Å². The molecule has 9 heteroatoms. The molecule has 0 aliphatic carbocycles. The van der Waals surface area contributed by atoms with Crippen molar-refractivity contribution < 1.29 is 28.9 Å². The number of carbonyl (C=O) groups excluding carboxylic acids is 2. The molecule has 2 aliphatic rings. The van der Waals surface area contributed by atoms with Crippen molar-refractivity contribution in [3.63, 3.8) is 0 Å². The van der Waals surface area contributed by atoms with Crippen LogP contribution in [0.25, 0.3) is 16.0 Å². The molecule has 3 heterocycles. The van der Waals surface area contributed by atoms with Crippen LogP contribution in [0.4, 0.5) is 5.13 Å². The molecule has 40 heavy (non-hydrogen) atoms. The molecular weight excluding hydrogens is 528 g/mol. The predicted octanol–water partition coefficient (Wildman–Crippen LogP) is 6.04. The number of thiazole rings is 1. The molecule has 2 atom stereocenters. The molecule has 1 amide bonds. The number of ether oxygens (including phenoxy) is 3. The van der Waals surface area contributed by atoms with E-state index in [1.165, 1.54) is 16.2 Å². The lowest BCUT2D eigenvalue weighted by Crippen LogP contribution is -2.29. The van der Waals surface area contributed by atoms with Crippen LogP contribution in [0.5, 0.6) is 17.2 Å². The first-order valence-electron chi connectivity index (χ1n) is 13.2. The molecule has 3 aromatic carbocycles. The number of fused-ring (bicyclic) bond motifs is 2. The summed E-state index contributed by atoms with van der Waals surface area (Å²) in [6.07, 6.45) is 0.724. The van der Waals surface area contributed by atoms with Gasteiger partial charge in [0.2, 0.25) is 0 Å². The van der Waals surface area contributed by atoms with Crippen LogP contribution in [-0.4, -0.2) is 41.1 Å². The molecule has 8 nitrogen and oxygen atoms in total. The van der Waals surface area contributed by atoms with Gasteiger partial charge >= 0.3 is 5.91 Å². The summed E-state index contributed by atoms with van der Waals surface area (Å²) in [4.78, 5) is 33.4. The zero-order valence-electron chi connectivity index (χ0n) is 22.3. The van der Waals surface area contributed by atoms with Gasteiger partial charge in [0.1, 0.15) is 29.1 Å². The van der Waals surface area contributed by atoms with E-state index >= 15 is 0 Å². The number of hydrogen-bond acceptors (Lipinski definition) is 8. The number of aliphatic hydroxyl groups is 1. The highest BCUT2D eigenvalue weighted by atomic mass is 32.1. The molecule has 204 valence electrons. The average Bonchev–Trinajstić information content (AvgIpc) is 3.61. The summed E-state index contributed by atoms with van der Waals surface area (Å²) < 4.78 is 18.0. The Labute approximate surface area is 235 Å². The van der Waals surface area contributed by atoms with E-state index < -0.39 is 17.7 Å². The van der Waals surface area contributed by atoms with Crippen molar-refractivity contribution in [2.24, 2.45) is 0 Å². The smallest absolute Gasteiger partial charge is 0.301 e. The average molecular weight is 557 g/mol. The molecule has 1 saturated heterocycles. The minimum atomic E-state index is -0.907. The Kier molecular flexibility index (Phi) is 6.67. The van der Waals surface area contributed by atoms with Gasteiger partial charge in [0.05, 0.1) is 35.0 Å². The molecule has 4 aromatic rings. The maximum absolute atomic E-state index is 13.6. The van der Waals surface area contributed by atoms with Gasteiger partial charge in [-0.1, -0.05) is 23.5 Å². The number of rotatable bonds is 7. The topological polar surface area (TPSA) is 98.2 Å². The lowest BCUT2D eigenvalue weighted by Gasteiger charge is -2.23. The maximum atomic E-state index is 13.6. The van der Waals surface area contributed by atoms with Gasteiger partial charge in [-0.2, -0.15) is 0 Å². The Morgan fingerprint density at radius 2 is 1.82 bits per heavy atom. The quantitative estimate of drug-likeness (QED) is 0.168. The molecule has 0 bridgehead atoms. The van der Waals surface area contributed by atoms with Crippen molar-refractivity contribution in [1.82, 2.24) is 4.98 Å². The van der Waals surface area contributed by atoms with Gasteiger partial charge < -0.3 is 19.3 Å². The van der Waals surface area contributed by atoms with E-state index in [1.54, 1.807) is 24.3 Å². The summed E-state index contributed by atoms with van der Waals surface area (Å²) >= 11 is 1.29. The highest BCUT2D eigenvalue weighted by molar-refractivity contribution is 7.22. The van der Waals surface area contributed by atoms with Gasteiger partial charge in [-0.3, -0.25) is 14.5 Å². The van der Waals surface area contributed by atoms with Crippen LogP contribution in [0.2, 0.25) is 0 Å². The number of aliphatic hydroxyl groups excluding tert-OH is 1. The molecule has 2 unspecified atom stereocenters. The fourth-order valence-corrected chi connectivity index (χ4v) is 6.28. The van der Waals surface area contributed by atoms with Crippen LogP contribution in [-0.2, 0) is 16.0 Å². The van der Waals surface area contributed by atoms with Crippen LogP contribution in [0, 0.1) is 0 Å². The number of nitrogens with zero attached hydrogens (tertiary/aromatic N) is 2. The summed E-state index contributed by atoms with van der Waals surface area (Å²) in [5.74, 6) is 0.281. The summed E-state index contributed by atoms with van der Waals surface area (Å²) in [6.45, 7) is 6.75. The number of anilines is 1. The summed E-state index contributed by atoms with van der Waals surface area (Å²) in [6, 6.07) is 17.2. The molecule has 0 saturated carbocycles. The van der Waals surface area contributed by atoms with Crippen LogP contribution >= 0.6 is 11.3 Å². The van der Waals surface area contributed by atoms with Gasteiger partial charge in [-0.25, -0.2) is 4.98 Å². The highest BCUT2D eigenvalue weighted by Gasteiger charge is 2.48. The number of aromatic nitrogens is 1. The third-order valence-electron chi connectivity index (χ3n) is 6.96. The Hall–Kier alpha value is -4.37. The van der Waals surface area contributed by atoms with E-state index in [2.05, 4.69) is 0 Å². The van der Waals surface area contributed by atoms with Gasteiger partial charge in [0.25, 0.3) is 5.78 Å². The van der Waals surface area contributed by atoms with Crippen molar-refractivity contribution in [2.75, 3.05) is 18.1 Å². The summed E-state index contributed by atoms with van der Waals surface area (Å²) in [7, 11) is 0. The third kappa shape index (κ3) is 4.46. The summed E-state index contributed by atoms with van der Waals surface area (Å²) in [5.41, 5.74) is 2.70. The molecule has 0 radical (unpaired) electrons. The fourth-order valence-electron chi connectivity index (χ4n) is 5.26. The lowest BCUT2D eigenvalue weighted by atomic mass is 9.94. The second kappa shape index (κ2) is 10.3. The standard InChI is InChI=1S/C31H28N2O6S/c1-4-37-21-8-6-7-18(15-21)27-26(28(34)19-9-12-24-20(14-19)13-17(3)39-24)29(35)30(36)33(27)31-32-23-11-10-22(38-5-2)16-25(23)40-31/h6-12,14-17,27,34H,4-5,13H2,1-3H3/b28-26-. The van der Waals surface area contributed by atoms with Gasteiger partial charge in [-0.15, -0.1) is 0 Å². The van der Waals surface area contributed by atoms with Gasteiger partial charge in [-0.05, 0) is 80.4 Å². The van der Waals surface area contributed by atoms with E-state index in [0.717, 1.165) is 16.0 Å². The Balaban J connectivity index is 1.51. The van der Waals surface area contributed by atoms with Crippen molar-refractivity contribution in [3.8, 4) is 17.2 Å².